The van der Waals surface area contributed by atoms with Crippen LogP contribution in [0.3, 0.4) is 0 Å². The molecule has 0 aliphatic carbocycles. The molecule has 0 amide bonds. The molecule has 0 fully saturated rings. The summed E-state index contributed by atoms with van der Waals surface area (Å²) >= 11 is 0. The molecule has 1 atom stereocenters. The molecule has 114 valence electrons. The first-order chi connectivity index (χ1) is 9.85. The minimum absolute atomic E-state index is 0.239. The van der Waals surface area contributed by atoms with E-state index in [1.807, 2.05) is 45.0 Å². The topological polar surface area (TPSA) is 64.0 Å². The summed E-state index contributed by atoms with van der Waals surface area (Å²) in [5, 5.41) is 4.09. The highest BCUT2D eigenvalue weighted by molar-refractivity contribution is 7.89. The maximum Gasteiger partial charge on any atom is 0.244 e. The van der Waals surface area contributed by atoms with E-state index in [4.69, 9.17) is 0 Å². The van der Waals surface area contributed by atoms with E-state index in [-0.39, 0.29) is 10.9 Å². The van der Waals surface area contributed by atoms with Crippen molar-refractivity contribution in [2.24, 2.45) is 0 Å². The van der Waals surface area contributed by atoms with Gasteiger partial charge in [0.15, 0.2) is 0 Å². The minimum atomic E-state index is -3.57. The van der Waals surface area contributed by atoms with Gasteiger partial charge in [0.25, 0.3) is 0 Å². The maximum absolute atomic E-state index is 12.5. The molecule has 0 bridgehead atoms. The number of sulfonamides is 1. The summed E-state index contributed by atoms with van der Waals surface area (Å²) in [5.74, 6) is 0. The van der Waals surface area contributed by atoms with Crippen LogP contribution in [-0.2, 0) is 16.6 Å². The van der Waals surface area contributed by atoms with Crippen LogP contribution in [0, 0.1) is 13.8 Å². The predicted octanol–water partition coefficient (Wildman–Crippen LogP) is 2.56. The van der Waals surface area contributed by atoms with Gasteiger partial charge in [-0.3, -0.25) is 4.68 Å². The number of nitrogens with one attached hydrogen (secondary N) is 1. The summed E-state index contributed by atoms with van der Waals surface area (Å²) < 4.78 is 29.3. The Morgan fingerprint density at radius 1 is 1.24 bits per heavy atom. The second-order valence-corrected chi connectivity index (χ2v) is 6.85. The molecule has 5 nitrogen and oxygen atoms in total. The second kappa shape index (κ2) is 5.99. The summed E-state index contributed by atoms with van der Waals surface area (Å²) in [5.41, 5.74) is 2.74. The van der Waals surface area contributed by atoms with Gasteiger partial charge in [-0.15, -0.1) is 0 Å². The Morgan fingerprint density at radius 3 is 2.38 bits per heavy atom. The summed E-state index contributed by atoms with van der Waals surface area (Å²) in [4.78, 5) is 0.239. The van der Waals surface area contributed by atoms with Crippen molar-refractivity contribution in [3.63, 3.8) is 0 Å². The van der Waals surface area contributed by atoms with Gasteiger partial charge in [-0.2, -0.15) is 5.10 Å². The Balaban J connectivity index is 2.24. The van der Waals surface area contributed by atoms with Gasteiger partial charge in [-0.25, -0.2) is 13.1 Å². The van der Waals surface area contributed by atoms with Crippen LogP contribution in [0.5, 0.6) is 0 Å². The summed E-state index contributed by atoms with van der Waals surface area (Å²) in [6.45, 7) is 8.18. The van der Waals surface area contributed by atoms with Gasteiger partial charge in [0.05, 0.1) is 11.9 Å². The molecule has 1 heterocycles. The van der Waals surface area contributed by atoms with Crippen LogP contribution in [0.15, 0.2) is 35.4 Å². The average molecular weight is 307 g/mol. The third-order valence-electron chi connectivity index (χ3n) is 3.56. The van der Waals surface area contributed by atoms with Crippen molar-refractivity contribution in [1.29, 1.82) is 0 Å². The lowest BCUT2D eigenvalue weighted by atomic mass is 10.1. The van der Waals surface area contributed by atoms with Crippen molar-refractivity contribution in [2.45, 2.75) is 45.2 Å². The van der Waals surface area contributed by atoms with Crippen LogP contribution >= 0.6 is 0 Å². The number of nitrogens with zero attached hydrogens (tertiary/aromatic N) is 2. The normalized spacial score (nSPS) is 13.3. The van der Waals surface area contributed by atoms with Crippen molar-refractivity contribution < 1.29 is 8.42 Å². The number of rotatable bonds is 5. The lowest BCUT2D eigenvalue weighted by Gasteiger charge is -2.14. The van der Waals surface area contributed by atoms with E-state index in [0.29, 0.717) is 12.2 Å². The Morgan fingerprint density at radius 2 is 1.86 bits per heavy atom. The zero-order chi connectivity index (χ0) is 15.6. The van der Waals surface area contributed by atoms with Gasteiger partial charge in [0.1, 0.15) is 4.90 Å². The molecule has 1 N–H and O–H groups in total. The fourth-order valence-electron chi connectivity index (χ4n) is 2.23. The van der Waals surface area contributed by atoms with Crippen LogP contribution < -0.4 is 4.72 Å². The van der Waals surface area contributed by atoms with Crippen molar-refractivity contribution >= 4 is 10.0 Å². The van der Waals surface area contributed by atoms with Crippen LogP contribution in [0.1, 0.15) is 36.7 Å². The van der Waals surface area contributed by atoms with Gasteiger partial charge in [0, 0.05) is 12.6 Å². The highest BCUT2D eigenvalue weighted by Gasteiger charge is 2.23. The van der Waals surface area contributed by atoms with E-state index in [0.717, 1.165) is 11.1 Å². The minimum Gasteiger partial charge on any atom is -0.269 e. The lowest BCUT2D eigenvalue weighted by molar-refractivity contribution is 0.565. The lowest BCUT2D eigenvalue weighted by Crippen LogP contribution is -2.27. The van der Waals surface area contributed by atoms with E-state index in [2.05, 4.69) is 9.82 Å². The van der Waals surface area contributed by atoms with E-state index in [1.54, 1.807) is 11.6 Å². The molecular weight excluding hydrogens is 286 g/mol. The molecule has 2 rings (SSSR count). The van der Waals surface area contributed by atoms with Crippen molar-refractivity contribution in [3.8, 4) is 0 Å². The van der Waals surface area contributed by atoms with Crippen molar-refractivity contribution in [3.05, 3.63) is 47.3 Å². The maximum atomic E-state index is 12.5. The molecule has 21 heavy (non-hydrogen) atoms. The van der Waals surface area contributed by atoms with Gasteiger partial charge in [0.2, 0.25) is 10.0 Å². The molecule has 0 saturated carbocycles. The third kappa shape index (κ3) is 3.33. The summed E-state index contributed by atoms with van der Waals surface area (Å²) in [7, 11) is -3.57. The van der Waals surface area contributed by atoms with Crippen molar-refractivity contribution in [1.82, 2.24) is 14.5 Å². The molecule has 0 spiro atoms. The van der Waals surface area contributed by atoms with Crippen LogP contribution in [0.2, 0.25) is 0 Å². The van der Waals surface area contributed by atoms with Gasteiger partial charge >= 0.3 is 0 Å². The molecule has 0 radical (unpaired) electrons. The molecule has 0 saturated heterocycles. The Bertz CT molecular complexity index is 718. The average Bonchev–Trinajstić information content (AvgIpc) is 2.80. The fourth-order valence-corrected chi connectivity index (χ4v) is 3.64. The number of aromatic nitrogens is 2. The van der Waals surface area contributed by atoms with Crippen LogP contribution in [0.25, 0.3) is 0 Å². The van der Waals surface area contributed by atoms with Crippen LogP contribution in [0.4, 0.5) is 0 Å². The van der Waals surface area contributed by atoms with E-state index >= 15 is 0 Å². The van der Waals surface area contributed by atoms with Crippen molar-refractivity contribution in [2.75, 3.05) is 0 Å². The predicted molar refractivity (Wildman–Crippen MR) is 82.6 cm³/mol. The molecule has 0 aliphatic rings. The van der Waals surface area contributed by atoms with Gasteiger partial charge in [-0.05, 0) is 33.3 Å². The standard InChI is InChI=1S/C15H21N3O2S/c1-5-18-13(4)15(10-16-18)21(19,20)17-12(3)14-8-6-11(2)7-9-14/h6-10,12,17H,5H2,1-4H3. The summed E-state index contributed by atoms with van der Waals surface area (Å²) in [6, 6.07) is 7.52. The molecule has 1 aromatic heterocycles. The highest BCUT2D eigenvalue weighted by atomic mass is 32.2. The fraction of sp³-hybridized carbons (Fsp3) is 0.400. The smallest absolute Gasteiger partial charge is 0.244 e. The van der Waals surface area contributed by atoms with Gasteiger partial charge < -0.3 is 0 Å². The zero-order valence-electron chi connectivity index (χ0n) is 12.8. The first-order valence-corrected chi connectivity index (χ1v) is 8.44. The monoisotopic (exact) mass is 307 g/mol. The number of hydrogen-bond acceptors (Lipinski definition) is 3. The zero-order valence-corrected chi connectivity index (χ0v) is 13.6. The van der Waals surface area contributed by atoms with E-state index in [1.165, 1.54) is 6.20 Å². The third-order valence-corrected chi connectivity index (χ3v) is 5.20. The molecule has 1 aromatic carbocycles. The van der Waals surface area contributed by atoms with Gasteiger partial charge in [-0.1, -0.05) is 29.8 Å². The Labute approximate surface area is 126 Å². The first-order valence-electron chi connectivity index (χ1n) is 6.96. The Hall–Kier alpha value is -1.66. The quantitative estimate of drug-likeness (QED) is 0.923. The molecule has 6 heteroatoms. The number of hydrogen-bond donors (Lipinski definition) is 1. The molecular formula is C15H21N3O2S. The number of aryl methyl sites for hydroxylation is 2. The second-order valence-electron chi connectivity index (χ2n) is 5.16. The molecule has 1 unspecified atom stereocenters. The number of benzene rings is 1. The largest absolute Gasteiger partial charge is 0.269 e. The molecule has 2 aromatic rings. The summed E-state index contributed by atoms with van der Waals surface area (Å²) in [6.07, 6.45) is 1.41. The first kappa shape index (κ1) is 15.7. The van der Waals surface area contributed by atoms with E-state index in [9.17, 15) is 8.42 Å². The SMILES string of the molecule is CCn1ncc(S(=O)(=O)NC(C)c2ccc(C)cc2)c1C. The molecule has 0 aliphatic heterocycles. The van der Waals surface area contributed by atoms with E-state index < -0.39 is 10.0 Å². The van der Waals surface area contributed by atoms with Crippen LogP contribution in [-0.4, -0.2) is 18.2 Å². The highest BCUT2D eigenvalue weighted by Crippen LogP contribution is 2.19. The Kier molecular flexibility index (Phi) is 4.49.